The predicted molar refractivity (Wildman–Crippen MR) is 17.4 cm³/mol. The molecule has 0 radical (unpaired) electrons. The summed E-state index contributed by atoms with van der Waals surface area (Å²) >= 11 is 0. The number of hydrogen-bond acceptors (Lipinski definition) is 3. The van der Waals surface area contributed by atoms with Crippen LogP contribution in [0.4, 0.5) is 4.79 Å². The normalized spacial score (nSPS) is 5.00. The molecule has 0 atom stereocenters. The van der Waals surface area contributed by atoms with Crippen LogP contribution in [0, 0.1) is 0 Å². The summed E-state index contributed by atoms with van der Waals surface area (Å²) < 4.78 is 3.28. The van der Waals surface area contributed by atoms with E-state index in [1.807, 2.05) is 0 Å². The Bertz CT molecular complexity index is 81.7. The molecule has 0 aliphatic rings. The van der Waals surface area contributed by atoms with Crippen molar-refractivity contribution in [2.75, 3.05) is 0 Å². The van der Waals surface area contributed by atoms with E-state index in [0.717, 1.165) is 0 Å². The Morgan fingerprint density at radius 2 is 2.12 bits per heavy atom. The van der Waals surface area contributed by atoms with E-state index in [-0.39, 0.29) is 90.3 Å². The van der Waals surface area contributed by atoms with Gasteiger partial charge in [-0.3, -0.25) is 4.79 Å². The van der Waals surface area contributed by atoms with Crippen molar-refractivity contribution in [2.24, 2.45) is 0 Å². The molecule has 4 nitrogen and oxygen atoms in total. The molecule has 0 bridgehead atoms. The first-order chi connectivity index (χ1) is 2.77. The summed E-state index contributed by atoms with van der Waals surface area (Å²) in [5.74, 6) is 0. The van der Waals surface area contributed by atoms with Crippen molar-refractivity contribution in [1.82, 2.24) is 0 Å². The fourth-order valence-corrected chi connectivity index (χ4v) is 0.0412. The Morgan fingerprint density at radius 3 is 2.12 bits per heavy atom. The Balaban J connectivity index is -0.0000000208. The summed E-state index contributed by atoms with van der Waals surface area (Å²) in [6.45, 7) is -0.150. The molecule has 0 saturated carbocycles. The maximum absolute atomic E-state index is 9.15. The van der Waals surface area contributed by atoms with E-state index in [1.165, 1.54) is 0 Å². The van der Waals surface area contributed by atoms with Gasteiger partial charge in [0, 0.05) is 0 Å². The van der Waals surface area contributed by atoms with Gasteiger partial charge in [-0.2, -0.15) is 0 Å². The molecule has 0 aliphatic carbocycles. The largest absolute Gasteiger partial charge is 1.00 e. The first-order valence-electron chi connectivity index (χ1n) is 1.10. The molecule has 0 aromatic rings. The van der Waals surface area contributed by atoms with Gasteiger partial charge in [-0.05, 0) is 0 Å². The molecule has 0 rings (SSSR count). The molecule has 0 aliphatic heterocycles. The Morgan fingerprint density at radius 1 is 1.75 bits per heavy atom. The molecule has 0 aromatic carbocycles. The maximum Gasteiger partial charge on any atom is 1.00 e. The van der Waals surface area contributed by atoms with Crippen LogP contribution in [-0.2, 0) is 9.53 Å². The number of carboxylic acid groups (broad SMARTS) is 1. The number of carbonyl (C=O) groups excluding carboxylic acids is 1. The van der Waals surface area contributed by atoms with Gasteiger partial charge in [0.15, 0.2) is 0 Å². The Labute approximate surface area is 114 Å². The van der Waals surface area contributed by atoms with Gasteiger partial charge in [-0.1, -0.05) is 0 Å². The summed E-state index contributed by atoms with van der Waals surface area (Å²) in [6.07, 6.45) is -1.58. The zero-order valence-corrected chi connectivity index (χ0v) is 9.87. The SMILES string of the molecule is O=COC(=O)O.[H-].[H-].[K+].[Na+]. The van der Waals surface area contributed by atoms with E-state index >= 15 is 0 Å². The monoisotopic (exact) mass is 154 g/mol. The molecule has 1 N–H and O–H groups in total. The van der Waals surface area contributed by atoms with Crippen LogP contribution in [-0.4, -0.2) is 17.7 Å². The van der Waals surface area contributed by atoms with Crippen molar-refractivity contribution in [3.8, 4) is 0 Å². The topological polar surface area (TPSA) is 63.6 Å². The zero-order valence-electron chi connectivity index (χ0n) is 6.75. The third-order valence-electron chi connectivity index (χ3n) is 0.149. The quantitative estimate of drug-likeness (QED) is 0.177. The molecule has 0 saturated heterocycles. The van der Waals surface area contributed by atoms with E-state index in [0.29, 0.717) is 0 Å². The minimum atomic E-state index is -1.58. The van der Waals surface area contributed by atoms with Gasteiger partial charge < -0.3 is 12.7 Å². The summed E-state index contributed by atoms with van der Waals surface area (Å²) in [4.78, 5) is 18.2. The molecule has 6 heteroatoms. The van der Waals surface area contributed by atoms with Crippen LogP contribution >= 0.6 is 0 Å². The van der Waals surface area contributed by atoms with Crippen LogP contribution in [0.15, 0.2) is 0 Å². The minimum absolute atomic E-state index is 0. The average molecular weight is 154 g/mol. The summed E-state index contributed by atoms with van der Waals surface area (Å²) in [6, 6.07) is 0. The van der Waals surface area contributed by atoms with Crippen molar-refractivity contribution < 1.29 is 103 Å². The second-order valence-corrected chi connectivity index (χ2v) is 0.480. The molecule has 0 amide bonds. The standard InChI is InChI=1S/C2H2O4.K.Na.2H/c3-1-6-2(4)5;;;;/h1H,(H,4,5);;;;/q;2*+1;2*-1. The van der Waals surface area contributed by atoms with Gasteiger partial charge in [-0.15, -0.1) is 0 Å². The summed E-state index contributed by atoms with van der Waals surface area (Å²) in [7, 11) is 0. The first kappa shape index (κ1) is 16.3. The summed E-state index contributed by atoms with van der Waals surface area (Å²) in [5.41, 5.74) is 0. The van der Waals surface area contributed by atoms with E-state index in [4.69, 9.17) is 14.7 Å². The van der Waals surface area contributed by atoms with Crippen molar-refractivity contribution in [1.29, 1.82) is 0 Å². The van der Waals surface area contributed by atoms with Crippen molar-refractivity contribution in [2.45, 2.75) is 0 Å². The first-order valence-corrected chi connectivity index (χ1v) is 1.10. The van der Waals surface area contributed by atoms with Gasteiger partial charge in [0.25, 0.3) is 0 Å². The predicted octanol–water partition coefficient (Wildman–Crippen LogP) is -5.93. The van der Waals surface area contributed by atoms with Crippen molar-refractivity contribution in [3.05, 3.63) is 0 Å². The van der Waals surface area contributed by atoms with Crippen LogP contribution in [0.5, 0.6) is 0 Å². The smallest absolute Gasteiger partial charge is 1.00 e. The Hall–Kier alpha value is 1.58. The van der Waals surface area contributed by atoms with E-state index in [2.05, 4.69) is 4.74 Å². The fraction of sp³-hybridized carbons (Fsp3) is 0. The molecule has 0 aromatic heterocycles. The van der Waals surface area contributed by atoms with E-state index < -0.39 is 6.16 Å². The van der Waals surface area contributed by atoms with Gasteiger partial charge in [0.2, 0.25) is 0 Å². The van der Waals surface area contributed by atoms with Crippen LogP contribution in [0.3, 0.4) is 0 Å². The molecular formula is C2H4KNaO4. The van der Waals surface area contributed by atoms with Crippen molar-refractivity contribution >= 4 is 12.6 Å². The van der Waals surface area contributed by atoms with Crippen LogP contribution in [0.2, 0.25) is 0 Å². The number of carbonyl (C=O) groups is 2. The second-order valence-electron chi connectivity index (χ2n) is 0.480. The minimum Gasteiger partial charge on any atom is -1.00 e. The van der Waals surface area contributed by atoms with Crippen molar-refractivity contribution in [3.63, 3.8) is 0 Å². The number of hydrogen-bond donors (Lipinski definition) is 1. The number of rotatable bonds is 1. The Kier molecular flexibility index (Phi) is 23.2. The molecule has 38 valence electrons. The molecule has 0 unspecified atom stereocenters. The molecule has 0 heterocycles. The third-order valence-corrected chi connectivity index (χ3v) is 0.149. The van der Waals surface area contributed by atoms with Gasteiger partial charge >= 0.3 is 93.6 Å². The fourth-order valence-electron chi connectivity index (χ4n) is 0.0412. The number of ether oxygens (including phenoxy) is 1. The molecule has 0 spiro atoms. The molecular weight excluding hydrogens is 150 g/mol. The zero-order chi connectivity index (χ0) is 4.99. The summed E-state index contributed by atoms with van der Waals surface area (Å²) in [5, 5.41) is 7.46. The maximum atomic E-state index is 9.15. The van der Waals surface area contributed by atoms with Crippen LogP contribution < -0.4 is 80.9 Å². The van der Waals surface area contributed by atoms with Gasteiger partial charge in [0.05, 0.1) is 0 Å². The van der Waals surface area contributed by atoms with Crippen LogP contribution in [0.1, 0.15) is 2.85 Å². The molecule has 8 heavy (non-hydrogen) atoms. The van der Waals surface area contributed by atoms with Gasteiger partial charge in [0.1, 0.15) is 0 Å². The third kappa shape index (κ3) is 15.6. The van der Waals surface area contributed by atoms with Crippen LogP contribution in [0.25, 0.3) is 0 Å². The molecule has 0 fully saturated rings. The van der Waals surface area contributed by atoms with E-state index in [1.54, 1.807) is 0 Å². The average Bonchev–Trinajstić information content (AvgIpc) is 1.35. The second kappa shape index (κ2) is 11.4. The van der Waals surface area contributed by atoms with Gasteiger partial charge in [-0.25, -0.2) is 4.79 Å². The van der Waals surface area contributed by atoms with E-state index in [9.17, 15) is 0 Å².